The summed E-state index contributed by atoms with van der Waals surface area (Å²) in [4.78, 5) is 20.7. The van der Waals surface area contributed by atoms with Gasteiger partial charge in [0.1, 0.15) is 0 Å². The SMILES string of the molecule is O=C(O)CCCCCC=CCCCC=CCCCCCCC(=O)O. The summed E-state index contributed by atoms with van der Waals surface area (Å²) in [5.74, 6) is -1.39. The number of carbonyl (C=O) groups is 2. The van der Waals surface area contributed by atoms with Crippen molar-refractivity contribution in [3.63, 3.8) is 0 Å². The fourth-order valence-electron chi connectivity index (χ4n) is 2.43. The third-order valence-corrected chi connectivity index (χ3v) is 3.85. The average molecular weight is 338 g/mol. The van der Waals surface area contributed by atoms with Crippen LogP contribution in [0, 0.1) is 0 Å². The van der Waals surface area contributed by atoms with Gasteiger partial charge in [-0.1, -0.05) is 43.6 Å². The molecule has 0 aromatic heterocycles. The lowest BCUT2D eigenvalue weighted by atomic mass is 10.1. The van der Waals surface area contributed by atoms with E-state index in [1.807, 2.05) is 0 Å². The minimum absolute atomic E-state index is 0.290. The summed E-state index contributed by atoms with van der Waals surface area (Å²) in [7, 11) is 0. The number of carboxylic acid groups (broad SMARTS) is 2. The number of aliphatic carboxylic acids is 2. The second kappa shape index (κ2) is 17.8. The number of carboxylic acids is 2. The zero-order chi connectivity index (χ0) is 17.9. The number of rotatable bonds is 17. The molecule has 0 aromatic carbocycles. The van der Waals surface area contributed by atoms with Crippen molar-refractivity contribution >= 4 is 11.9 Å². The number of hydrogen-bond acceptors (Lipinski definition) is 2. The first-order valence-electron chi connectivity index (χ1n) is 9.36. The van der Waals surface area contributed by atoms with Crippen LogP contribution in [-0.2, 0) is 9.59 Å². The van der Waals surface area contributed by atoms with Gasteiger partial charge in [0.05, 0.1) is 0 Å². The highest BCUT2D eigenvalue weighted by Crippen LogP contribution is 2.07. The lowest BCUT2D eigenvalue weighted by Gasteiger charge is -1.97. The molecule has 138 valence electrons. The smallest absolute Gasteiger partial charge is 0.303 e. The minimum Gasteiger partial charge on any atom is -0.481 e. The van der Waals surface area contributed by atoms with Gasteiger partial charge in [-0.3, -0.25) is 9.59 Å². The highest BCUT2D eigenvalue weighted by atomic mass is 16.4. The standard InChI is InChI=1S/C20H34O4/c21-19(22)17-15-13-11-9-7-5-3-1-2-4-6-8-10-12-14-16-18-20(23)24/h3,5-6,8H,1-2,4,7,9-18H2,(H,21,22)(H,23,24). The molecule has 4 heteroatoms. The zero-order valence-corrected chi connectivity index (χ0v) is 14.9. The Morgan fingerprint density at radius 3 is 1.25 bits per heavy atom. The van der Waals surface area contributed by atoms with Crippen LogP contribution in [0.5, 0.6) is 0 Å². The maximum absolute atomic E-state index is 10.3. The Balaban J connectivity index is 3.21. The van der Waals surface area contributed by atoms with Gasteiger partial charge in [-0.2, -0.15) is 0 Å². The van der Waals surface area contributed by atoms with E-state index in [0.717, 1.165) is 70.6 Å². The van der Waals surface area contributed by atoms with Crippen LogP contribution in [0.1, 0.15) is 89.9 Å². The van der Waals surface area contributed by atoms with Crippen molar-refractivity contribution in [2.24, 2.45) is 0 Å². The quantitative estimate of drug-likeness (QED) is 0.262. The molecule has 0 heterocycles. The number of unbranched alkanes of at least 4 members (excludes halogenated alkanes) is 9. The molecule has 0 fully saturated rings. The normalized spacial score (nSPS) is 11.5. The van der Waals surface area contributed by atoms with Gasteiger partial charge in [0.25, 0.3) is 0 Å². The Hall–Kier alpha value is -1.58. The summed E-state index contributed by atoms with van der Waals surface area (Å²) < 4.78 is 0. The lowest BCUT2D eigenvalue weighted by molar-refractivity contribution is -0.138. The van der Waals surface area contributed by atoms with Gasteiger partial charge in [-0.25, -0.2) is 0 Å². The molecule has 0 unspecified atom stereocenters. The van der Waals surface area contributed by atoms with Crippen LogP contribution in [0.2, 0.25) is 0 Å². The van der Waals surface area contributed by atoms with Crippen LogP contribution in [0.4, 0.5) is 0 Å². The van der Waals surface area contributed by atoms with Crippen LogP contribution in [-0.4, -0.2) is 22.2 Å². The molecule has 0 atom stereocenters. The number of hydrogen-bond donors (Lipinski definition) is 2. The Labute approximate surface area is 146 Å². The molecule has 4 nitrogen and oxygen atoms in total. The van der Waals surface area contributed by atoms with Crippen LogP contribution in [0.25, 0.3) is 0 Å². The fraction of sp³-hybridized carbons (Fsp3) is 0.700. The van der Waals surface area contributed by atoms with E-state index in [1.54, 1.807) is 0 Å². The van der Waals surface area contributed by atoms with Gasteiger partial charge in [-0.15, -0.1) is 0 Å². The number of allylic oxidation sites excluding steroid dienone is 4. The molecular weight excluding hydrogens is 304 g/mol. The lowest BCUT2D eigenvalue weighted by Crippen LogP contribution is -1.93. The van der Waals surface area contributed by atoms with E-state index in [-0.39, 0.29) is 0 Å². The summed E-state index contributed by atoms with van der Waals surface area (Å²) in [6.07, 6.45) is 22.0. The van der Waals surface area contributed by atoms with Gasteiger partial charge in [0.15, 0.2) is 0 Å². The first-order chi connectivity index (χ1) is 11.6. The van der Waals surface area contributed by atoms with E-state index < -0.39 is 11.9 Å². The highest BCUT2D eigenvalue weighted by Gasteiger charge is 1.96. The van der Waals surface area contributed by atoms with Crippen molar-refractivity contribution in [3.8, 4) is 0 Å². The van der Waals surface area contributed by atoms with E-state index in [9.17, 15) is 9.59 Å². The summed E-state index contributed by atoms with van der Waals surface area (Å²) >= 11 is 0. The summed E-state index contributed by atoms with van der Waals surface area (Å²) in [5, 5.41) is 17.0. The van der Waals surface area contributed by atoms with Crippen LogP contribution in [0.15, 0.2) is 24.3 Å². The summed E-state index contributed by atoms with van der Waals surface area (Å²) in [6, 6.07) is 0. The molecule has 24 heavy (non-hydrogen) atoms. The monoisotopic (exact) mass is 338 g/mol. The van der Waals surface area contributed by atoms with Crippen molar-refractivity contribution in [3.05, 3.63) is 24.3 Å². The third kappa shape index (κ3) is 20.4. The molecule has 0 amide bonds. The first-order valence-corrected chi connectivity index (χ1v) is 9.36. The molecule has 0 bridgehead atoms. The second-order valence-corrected chi connectivity index (χ2v) is 6.21. The molecule has 2 N–H and O–H groups in total. The van der Waals surface area contributed by atoms with Crippen molar-refractivity contribution in [1.29, 1.82) is 0 Å². The van der Waals surface area contributed by atoms with Gasteiger partial charge in [-0.05, 0) is 57.8 Å². The third-order valence-electron chi connectivity index (χ3n) is 3.85. The van der Waals surface area contributed by atoms with Crippen molar-refractivity contribution in [2.45, 2.75) is 89.9 Å². The van der Waals surface area contributed by atoms with E-state index in [2.05, 4.69) is 24.3 Å². The Morgan fingerprint density at radius 2 is 0.833 bits per heavy atom. The van der Waals surface area contributed by atoms with E-state index in [4.69, 9.17) is 10.2 Å². The van der Waals surface area contributed by atoms with Crippen molar-refractivity contribution < 1.29 is 19.8 Å². The van der Waals surface area contributed by atoms with Crippen LogP contribution < -0.4 is 0 Å². The van der Waals surface area contributed by atoms with Crippen LogP contribution >= 0.6 is 0 Å². The Kier molecular flexibility index (Phi) is 16.6. The molecule has 0 saturated heterocycles. The largest absolute Gasteiger partial charge is 0.481 e. The molecule has 0 aliphatic heterocycles. The molecule has 0 radical (unpaired) electrons. The molecule has 0 spiro atoms. The topological polar surface area (TPSA) is 74.6 Å². The Bertz CT molecular complexity index is 372. The molecule has 0 saturated carbocycles. The van der Waals surface area contributed by atoms with Crippen molar-refractivity contribution in [1.82, 2.24) is 0 Å². The maximum atomic E-state index is 10.3. The van der Waals surface area contributed by atoms with Gasteiger partial charge < -0.3 is 10.2 Å². The summed E-state index contributed by atoms with van der Waals surface area (Å²) in [5.41, 5.74) is 0. The summed E-state index contributed by atoms with van der Waals surface area (Å²) in [6.45, 7) is 0. The molecule has 0 aliphatic carbocycles. The van der Waals surface area contributed by atoms with Gasteiger partial charge in [0, 0.05) is 12.8 Å². The van der Waals surface area contributed by atoms with E-state index in [0.29, 0.717) is 12.8 Å². The minimum atomic E-state index is -0.697. The van der Waals surface area contributed by atoms with Gasteiger partial charge >= 0.3 is 11.9 Å². The predicted octanol–water partition coefficient (Wildman–Crippen LogP) is 5.73. The second-order valence-electron chi connectivity index (χ2n) is 6.21. The first kappa shape index (κ1) is 22.4. The van der Waals surface area contributed by atoms with Crippen molar-refractivity contribution in [2.75, 3.05) is 0 Å². The van der Waals surface area contributed by atoms with E-state index in [1.165, 1.54) is 6.42 Å². The predicted molar refractivity (Wildman–Crippen MR) is 98.2 cm³/mol. The molecular formula is C20H34O4. The maximum Gasteiger partial charge on any atom is 0.303 e. The molecule has 0 aromatic rings. The van der Waals surface area contributed by atoms with Crippen LogP contribution in [0.3, 0.4) is 0 Å². The molecule has 0 aliphatic rings. The van der Waals surface area contributed by atoms with E-state index >= 15 is 0 Å². The highest BCUT2D eigenvalue weighted by molar-refractivity contribution is 5.66. The average Bonchev–Trinajstić information content (AvgIpc) is 2.53. The zero-order valence-electron chi connectivity index (χ0n) is 14.9. The molecule has 0 rings (SSSR count). The fourth-order valence-corrected chi connectivity index (χ4v) is 2.43. The van der Waals surface area contributed by atoms with Gasteiger partial charge in [0.2, 0.25) is 0 Å². The Morgan fingerprint density at radius 1 is 0.500 bits per heavy atom.